The van der Waals surface area contributed by atoms with Crippen LogP contribution >= 0.6 is 11.3 Å². The molecule has 0 spiro atoms. The molecule has 2 N–H and O–H groups in total. The summed E-state index contributed by atoms with van der Waals surface area (Å²) in [4.78, 5) is 40.6. The lowest BCUT2D eigenvalue weighted by Gasteiger charge is -2.36. The Morgan fingerprint density at radius 2 is 2.04 bits per heavy atom. The van der Waals surface area contributed by atoms with Crippen LogP contribution in [0.15, 0.2) is 11.4 Å². The molecule has 0 radical (unpaired) electrons. The zero-order chi connectivity index (χ0) is 20.1. The van der Waals surface area contributed by atoms with Gasteiger partial charge in [0.05, 0.1) is 37.2 Å². The maximum Gasteiger partial charge on any atom is 0.234 e. The fraction of sp³-hybridized carbons (Fsp3) is 0.632. The molecule has 2 fully saturated rings. The molecular weight excluding hydrogens is 382 g/mol. The van der Waals surface area contributed by atoms with Crippen molar-refractivity contribution < 1.29 is 24.2 Å². The quantitative estimate of drug-likeness (QED) is 0.637. The van der Waals surface area contributed by atoms with Crippen molar-refractivity contribution in [1.82, 2.24) is 15.1 Å². The summed E-state index contributed by atoms with van der Waals surface area (Å²) in [6.45, 7) is 5.17. The van der Waals surface area contributed by atoms with Crippen LogP contribution < -0.4 is 5.32 Å². The Morgan fingerprint density at radius 1 is 1.29 bits per heavy atom. The van der Waals surface area contributed by atoms with Crippen LogP contribution in [0, 0.1) is 0 Å². The third-order valence-corrected chi connectivity index (χ3v) is 6.05. The van der Waals surface area contributed by atoms with Crippen molar-refractivity contribution in [1.29, 1.82) is 0 Å². The average Bonchev–Trinajstić information content (AvgIpc) is 3.10. The van der Waals surface area contributed by atoms with Crippen molar-refractivity contribution in [2.45, 2.75) is 31.9 Å². The van der Waals surface area contributed by atoms with Gasteiger partial charge in [0.15, 0.2) is 5.78 Å². The number of nitrogens with one attached hydrogen (secondary N) is 1. The first kappa shape index (κ1) is 20.9. The van der Waals surface area contributed by atoms with E-state index in [9.17, 15) is 19.5 Å². The van der Waals surface area contributed by atoms with Gasteiger partial charge in [0, 0.05) is 32.2 Å². The van der Waals surface area contributed by atoms with Crippen molar-refractivity contribution in [3.05, 3.63) is 21.9 Å². The molecule has 0 bridgehead atoms. The second-order valence-electron chi connectivity index (χ2n) is 7.39. The summed E-state index contributed by atoms with van der Waals surface area (Å²) < 4.78 is 5.28. The van der Waals surface area contributed by atoms with Gasteiger partial charge in [-0.25, -0.2) is 0 Å². The molecule has 3 heterocycles. The number of carbonyl (C=O) groups excluding carboxylic acids is 3. The summed E-state index contributed by atoms with van der Waals surface area (Å²) in [5.41, 5.74) is 0.799. The lowest BCUT2D eigenvalue weighted by Crippen LogP contribution is -2.56. The van der Waals surface area contributed by atoms with Crippen LogP contribution in [0.3, 0.4) is 0 Å². The highest BCUT2D eigenvalue weighted by Crippen LogP contribution is 2.18. The Morgan fingerprint density at radius 3 is 2.71 bits per heavy atom. The van der Waals surface area contributed by atoms with Gasteiger partial charge >= 0.3 is 0 Å². The summed E-state index contributed by atoms with van der Waals surface area (Å²) in [6, 6.07) is 1.48. The van der Waals surface area contributed by atoms with Crippen LogP contribution in [0.25, 0.3) is 0 Å². The molecular formula is C19H27N3O5S. The Balaban J connectivity index is 1.51. The molecule has 9 heteroatoms. The van der Waals surface area contributed by atoms with Crippen LogP contribution in [0.2, 0.25) is 0 Å². The van der Waals surface area contributed by atoms with Gasteiger partial charge in [-0.1, -0.05) is 0 Å². The van der Waals surface area contributed by atoms with Gasteiger partial charge < -0.3 is 20.1 Å². The maximum atomic E-state index is 12.6. The fourth-order valence-electron chi connectivity index (χ4n) is 3.56. The standard InChI is InChI=1S/C19H27N3O5S/c1-13(23)17-6-14(12-28-17)7-19(26)22-9-15(8-16(24)10-22)20-18(25)11-21-2-4-27-5-3-21/h6,12,15-16,24H,2-5,7-11H2,1H3,(H,20,25)/t15-,16+/m0/s1. The monoisotopic (exact) mass is 409 g/mol. The number of carbonyl (C=O) groups is 3. The number of morpholine rings is 1. The van der Waals surface area contributed by atoms with E-state index in [0.29, 0.717) is 37.6 Å². The number of thiophene rings is 1. The average molecular weight is 410 g/mol. The van der Waals surface area contributed by atoms with Gasteiger partial charge in [0.25, 0.3) is 0 Å². The lowest BCUT2D eigenvalue weighted by molar-refractivity contribution is -0.135. The van der Waals surface area contributed by atoms with Gasteiger partial charge in [0.2, 0.25) is 11.8 Å². The lowest BCUT2D eigenvalue weighted by atomic mass is 10.0. The Hall–Kier alpha value is -1.81. The van der Waals surface area contributed by atoms with E-state index in [1.54, 1.807) is 11.0 Å². The number of likely N-dealkylation sites (tertiary alicyclic amines) is 1. The largest absolute Gasteiger partial charge is 0.391 e. The molecule has 2 aliphatic rings. The number of β-amino-alcohol motifs (C(OH)–C–C–N with tert-alkyl or cyclic N) is 1. The Bertz CT molecular complexity index is 716. The van der Waals surface area contributed by atoms with E-state index in [-0.39, 0.29) is 36.6 Å². The van der Waals surface area contributed by atoms with Gasteiger partial charge in [-0.15, -0.1) is 11.3 Å². The molecule has 1 aromatic rings. The Labute approximate surface area is 168 Å². The van der Waals surface area contributed by atoms with Gasteiger partial charge in [-0.05, 0) is 30.4 Å². The molecule has 2 amide bonds. The maximum absolute atomic E-state index is 12.6. The number of ether oxygens (including phenoxy) is 1. The van der Waals surface area contributed by atoms with Crippen molar-refractivity contribution in [3.8, 4) is 0 Å². The van der Waals surface area contributed by atoms with Crippen molar-refractivity contribution in [2.75, 3.05) is 45.9 Å². The first-order chi connectivity index (χ1) is 13.4. The van der Waals surface area contributed by atoms with E-state index < -0.39 is 6.10 Å². The zero-order valence-electron chi connectivity index (χ0n) is 16.1. The zero-order valence-corrected chi connectivity index (χ0v) is 16.9. The second kappa shape index (κ2) is 9.60. The van der Waals surface area contributed by atoms with Crippen molar-refractivity contribution >= 4 is 28.9 Å². The van der Waals surface area contributed by atoms with E-state index >= 15 is 0 Å². The molecule has 0 saturated carbocycles. The van der Waals surface area contributed by atoms with E-state index in [2.05, 4.69) is 5.32 Å². The summed E-state index contributed by atoms with van der Waals surface area (Å²) in [5, 5.41) is 14.9. The number of rotatable bonds is 6. The predicted molar refractivity (Wildman–Crippen MR) is 104 cm³/mol. The first-order valence-corrected chi connectivity index (χ1v) is 10.4. The highest BCUT2D eigenvalue weighted by Gasteiger charge is 2.30. The summed E-state index contributed by atoms with van der Waals surface area (Å²) in [5.74, 6) is -0.225. The molecule has 0 aliphatic carbocycles. The van der Waals surface area contributed by atoms with Crippen LogP contribution in [0.5, 0.6) is 0 Å². The SMILES string of the molecule is CC(=O)c1cc(CC(=O)N2C[C@H](O)C[C@H](NC(=O)CN3CCOCC3)C2)cs1. The van der Waals surface area contributed by atoms with Crippen molar-refractivity contribution in [3.63, 3.8) is 0 Å². The van der Waals surface area contributed by atoms with Crippen LogP contribution in [-0.2, 0) is 20.7 Å². The third kappa shape index (κ3) is 5.84. The smallest absolute Gasteiger partial charge is 0.234 e. The fourth-order valence-corrected chi connectivity index (χ4v) is 4.37. The Kier molecular flexibility index (Phi) is 7.17. The minimum atomic E-state index is -0.665. The number of amides is 2. The molecule has 0 aromatic carbocycles. The molecule has 2 saturated heterocycles. The van der Waals surface area contributed by atoms with Crippen molar-refractivity contribution in [2.24, 2.45) is 0 Å². The minimum Gasteiger partial charge on any atom is -0.391 e. The molecule has 28 heavy (non-hydrogen) atoms. The highest BCUT2D eigenvalue weighted by atomic mass is 32.1. The number of Topliss-reactive ketones (excluding diaryl/α,β-unsaturated/α-hetero) is 1. The number of ketones is 1. The number of nitrogens with zero attached hydrogens (tertiary/aromatic N) is 2. The van der Waals surface area contributed by atoms with E-state index in [1.807, 2.05) is 10.3 Å². The molecule has 0 unspecified atom stereocenters. The highest BCUT2D eigenvalue weighted by molar-refractivity contribution is 7.12. The number of aliphatic hydroxyl groups excluding tert-OH is 1. The van der Waals surface area contributed by atoms with Crippen LogP contribution in [0.1, 0.15) is 28.6 Å². The second-order valence-corrected chi connectivity index (χ2v) is 8.30. The number of hydrogen-bond donors (Lipinski definition) is 2. The molecule has 2 atom stereocenters. The molecule has 8 nitrogen and oxygen atoms in total. The topological polar surface area (TPSA) is 99.2 Å². The van der Waals surface area contributed by atoms with E-state index in [4.69, 9.17) is 4.74 Å². The molecule has 2 aliphatic heterocycles. The predicted octanol–water partition coefficient (Wildman–Crippen LogP) is -0.0966. The molecule has 3 rings (SSSR count). The molecule has 154 valence electrons. The normalized spacial score (nSPS) is 23.4. The van der Waals surface area contributed by atoms with Crippen LogP contribution in [-0.4, -0.2) is 90.6 Å². The molecule has 1 aromatic heterocycles. The van der Waals surface area contributed by atoms with Gasteiger partial charge in [-0.3, -0.25) is 19.3 Å². The summed E-state index contributed by atoms with van der Waals surface area (Å²) >= 11 is 1.33. The van der Waals surface area contributed by atoms with Gasteiger partial charge in [0.1, 0.15) is 0 Å². The third-order valence-electron chi connectivity index (χ3n) is 4.97. The number of hydrogen-bond acceptors (Lipinski definition) is 7. The van der Waals surface area contributed by atoms with Crippen LogP contribution in [0.4, 0.5) is 0 Å². The summed E-state index contributed by atoms with van der Waals surface area (Å²) in [7, 11) is 0. The number of piperidine rings is 1. The first-order valence-electron chi connectivity index (χ1n) is 9.54. The minimum absolute atomic E-state index is 0.0138. The van der Waals surface area contributed by atoms with Gasteiger partial charge in [-0.2, -0.15) is 0 Å². The van der Waals surface area contributed by atoms with E-state index in [0.717, 1.165) is 18.7 Å². The number of aliphatic hydroxyl groups is 1. The van der Waals surface area contributed by atoms with E-state index in [1.165, 1.54) is 18.3 Å². The summed E-state index contributed by atoms with van der Waals surface area (Å²) in [6.07, 6.45) is -0.0436.